The van der Waals surface area contributed by atoms with Crippen molar-refractivity contribution in [2.45, 2.75) is 57.5 Å². The molecule has 1 N–H and O–H groups in total. The van der Waals surface area contributed by atoms with Gasteiger partial charge in [0.2, 0.25) is 5.91 Å². The van der Waals surface area contributed by atoms with E-state index < -0.39 is 5.41 Å². The molecular weight excluding hydrogens is 402 g/mol. The molecule has 4 rings (SSSR count). The van der Waals surface area contributed by atoms with E-state index in [1.807, 2.05) is 50.1 Å². The van der Waals surface area contributed by atoms with Crippen LogP contribution in [0.3, 0.4) is 0 Å². The number of methoxy groups -OCH3 is 1. The van der Waals surface area contributed by atoms with E-state index in [0.717, 1.165) is 74.0 Å². The van der Waals surface area contributed by atoms with Crippen molar-refractivity contribution in [2.75, 3.05) is 39.6 Å². The number of hydrogen-bond acceptors (Lipinski definition) is 6. The Morgan fingerprint density at radius 2 is 1.91 bits per heavy atom. The average molecular weight is 438 g/mol. The maximum atomic E-state index is 13.9. The average Bonchev–Trinajstić information content (AvgIpc) is 2.82. The van der Waals surface area contributed by atoms with E-state index in [1.54, 1.807) is 7.11 Å². The summed E-state index contributed by atoms with van der Waals surface area (Å²) in [5.74, 6) is 2.59. The van der Waals surface area contributed by atoms with Gasteiger partial charge in [0.15, 0.2) is 5.82 Å². The lowest BCUT2D eigenvalue weighted by Crippen LogP contribution is -2.47. The Morgan fingerprint density at radius 1 is 1.16 bits per heavy atom. The van der Waals surface area contributed by atoms with E-state index in [1.165, 1.54) is 5.56 Å². The van der Waals surface area contributed by atoms with Crippen molar-refractivity contribution >= 4 is 11.7 Å². The smallest absolute Gasteiger partial charge is 0.233 e. The van der Waals surface area contributed by atoms with Crippen LogP contribution < -0.4 is 10.1 Å². The molecule has 0 saturated carbocycles. The minimum Gasteiger partial charge on any atom is -0.497 e. The lowest BCUT2D eigenvalue weighted by molar-refractivity contribution is -0.140. The zero-order valence-corrected chi connectivity index (χ0v) is 19.9. The van der Waals surface area contributed by atoms with Crippen molar-refractivity contribution in [1.82, 2.24) is 19.8 Å². The summed E-state index contributed by atoms with van der Waals surface area (Å²) < 4.78 is 5.29. The molecule has 1 atom stereocenters. The summed E-state index contributed by atoms with van der Waals surface area (Å²) in [6.07, 6.45) is 3.92. The Morgan fingerprint density at radius 3 is 2.59 bits per heavy atom. The topological polar surface area (TPSA) is 70.6 Å². The first kappa shape index (κ1) is 22.5. The molecule has 172 valence electrons. The van der Waals surface area contributed by atoms with Crippen LogP contribution in [0.4, 0.5) is 5.82 Å². The highest BCUT2D eigenvalue weighted by molar-refractivity contribution is 5.87. The summed E-state index contributed by atoms with van der Waals surface area (Å²) in [6, 6.07) is 7.71. The van der Waals surface area contributed by atoms with Gasteiger partial charge in [-0.2, -0.15) is 0 Å². The molecule has 1 fully saturated rings. The van der Waals surface area contributed by atoms with Crippen molar-refractivity contribution in [1.29, 1.82) is 0 Å². The maximum Gasteiger partial charge on any atom is 0.233 e. The van der Waals surface area contributed by atoms with Gasteiger partial charge in [-0.25, -0.2) is 9.97 Å². The minimum atomic E-state index is -0.651. The molecule has 32 heavy (non-hydrogen) atoms. The standard InChI is InChI=1S/C25H35N5O2/c1-25(2,17-9-11-18(32-5)12-10-17)24(31)30-14-7-6-8-21(30)23-27-20-16-29(4)15-13-19(20)22(26-3)28-23/h9-12,21H,6-8,13-16H2,1-5H3,(H,26,27,28)/t21-/m1/s1. The highest BCUT2D eigenvalue weighted by Crippen LogP contribution is 2.36. The highest BCUT2D eigenvalue weighted by Gasteiger charge is 2.39. The van der Waals surface area contributed by atoms with Gasteiger partial charge in [-0.1, -0.05) is 12.1 Å². The largest absolute Gasteiger partial charge is 0.497 e. The Hall–Kier alpha value is -2.67. The number of aromatic nitrogens is 2. The van der Waals surface area contributed by atoms with Crippen LogP contribution in [0.1, 0.15) is 61.8 Å². The van der Waals surface area contributed by atoms with Crippen LogP contribution in [0.15, 0.2) is 24.3 Å². The predicted octanol–water partition coefficient (Wildman–Crippen LogP) is 3.55. The number of anilines is 1. The Kier molecular flexibility index (Phi) is 6.38. The molecule has 0 spiro atoms. The monoisotopic (exact) mass is 437 g/mol. The van der Waals surface area contributed by atoms with E-state index in [0.29, 0.717) is 0 Å². The van der Waals surface area contributed by atoms with Crippen molar-refractivity contribution in [3.8, 4) is 5.75 Å². The number of carbonyl (C=O) groups is 1. The molecule has 7 nitrogen and oxygen atoms in total. The van der Waals surface area contributed by atoms with Gasteiger partial charge < -0.3 is 19.9 Å². The second-order valence-corrected chi connectivity index (χ2v) is 9.46. The Bertz CT molecular complexity index is 973. The number of likely N-dealkylation sites (N-methyl/N-ethyl adjacent to an activating group) is 1. The molecule has 1 aromatic heterocycles. The molecule has 2 aromatic rings. The van der Waals surface area contributed by atoms with Gasteiger partial charge in [0.05, 0.1) is 24.3 Å². The number of benzene rings is 1. The summed E-state index contributed by atoms with van der Waals surface area (Å²) in [5, 5.41) is 3.28. The van der Waals surface area contributed by atoms with Crippen molar-refractivity contribution in [3.63, 3.8) is 0 Å². The van der Waals surface area contributed by atoms with Crippen LogP contribution in [-0.2, 0) is 23.2 Å². The van der Waals surface area contributed by atoms with E-state index >= 15 is 0 Å². The van der Waals surface area contributed by atoms with Crippen LogP contribution in [-0.4, -0.2) is 60.0 Å². The number of carbonyl (C=O) groups excluding carboxylic acids is 1. The first-order valence-corrected chi connectivity index (χ1v) is 11.6. The predicted molar refractivity (Wildman–Crippen MR) is 126 cm³/mol. The van der Waals surface area contributed by atoms with Gasteiger partial charge in [0, 0.05) is 32.2 Å². The molecule has 0 unspecified atom stereocenters. The van der Waals surface area contributed by atoms with E-state index in [-0.39, 0.29) is 11.9 Å². The number of hydrogen-bond donors (Lipinski definition) is 1. The van der Waals surface area contributed by atoms with Crippen LogP contribution in [0, 0.1) is 0 Å². The molecule has 1 aromatic carbocycles. The molecule has 0 aliphatic carbocycles. The van der Waals surface area contributed by atoms with Crippen LogP contribution in [0.2, 0.25) is 0 Å². The number of piperidine rings is 1. The van der Waals surface area contributed by atoms with E-state index in [9.17, 15) is 4.79 Å². The van der Waals surface area contributed by atoms with Gasteiger partial charge in [0.1, 0.15) is 11.6 Å². The van der Waals surface area contributed by atoms with Gasteiger partial charge in [0.25, 0.3) is 0 Å². The maximum absolute atomic E-state index is 13.9. The van der Waals surface area contributed by atoms with Gasteiger partial charge in [-0.15, -0.1) is 0 Å². The number of likely N-dealkylation sites (tertiary alicyclic amines) is 1. The molecule has 0 radical (unpaired) electrons. The SMILES string of the molecule is CNc1nc([C@H]2CCCCN2C(=O)C(C)(C)c2ccc(OC)cc2)nc2c1CCN(C)C2. The fourth-order valence-electron chi connectivity index (χ4n) is 4.87. The second kappa shape index (κ2) is 9.06. The number of rotatable bonds is 5. The normalized spacial score (nSPS) is 19.4. The van der Waals surface area contributed by atoms with E-state index in [2.05, 4.69) is 17.3 Å². The lowest BCUT2D eigenvalue weighted by atomic mass is 9.82. The van der Waals surface area contributed by atoms with Crippen molar-refractivity contribution in [2.24, 2.45) is 0 Å². The Labute approximate surface area is 191 Å². The molecular formula is C25H35N5O2. The van der Waals surface area contributed by atoms with Crippen LogP contribution in [0.25, 0.3) is 0 Å². The van der Waals surface area contributed by atoms with Gasteiger partial charge >= 0.3 is 0 Å². The third-order valence-electron chi connectivity index (χ3n) is 6.92. The van der Waals surface area contributed by atoms with Gasteiger partial charge in [-0.05, 0) is 64.3 Å². The fourth-order valence-corrected chi connectivity index (χ4v) is 4.87. The molecule has 3 heterocycles. The summed E-state index contributed by atoms with van der Waals surface area (Å²) in [4.78, 5) is 28.1. The molecule has 7 heteroatoms. The number of nitrogens with one attached hydrogen (secondary N) is 1. The third kappa shape index (κ3) is 4.18. The molecule has 1 saturated heterocycles. The van der Waals surface area contributed by atoms with Crippen molar-refractivity contribution in [3.05, 3.63) is 46.9 Å². The van der Waals surface area contributed by atoms with Crippen LogP contribution in [0.5, 0.6) is 5.75 Å². The molecule has 2 aliphatic rings. The lowest BCUT2D eigenvalue weighted by Gasteiger charge is -2.40. The van der Waals surface area contributed by atoms with Crippen molar-refractivity contribution < 1.29 is 9.53 Å². The number of amides is 1. The zero-order chi connectivity index (χ0) is 22.9. The van der Waals surface area contributed by atoms with Crippen LogP contribution >= 0.6 is 0 Å². The summed E-state index contributed by atoms with van der Waals surface area (Å²) in [5.41, 5.74) is 2.63. The molecule has 0 bridgehead atoms. The first-order chi connectivity index (χ1) is 15.3. The molecule has 2 aliphatic heterocycles. The number of nitrogens with zero attached hydrogens (tertiary/aromatic N) is 4. The fraction of sp³-hybridized carbons (Fsp3) is 0.560. The summed E-state index contributed by atoms with van der Waals surface area (Å²) >= 11 is 0. The third-order valence-corrected chi connectivity index (χ3v) is 6.92. The quantitative estimate of drug-likeness (QED) is 0.772. The Balaban J connectivity index is 1.67. The van der Waals surface area contributed by atoms with Gasteiger partial charge in [-0.3, -0.25) is 4.79 Å². The van der Waals surface area contributed by atoms with E-state index in [4.69, 9.17) is 14.7 Å². The minimum absolute atomic E-state index is 0.0987. The summed E-state index contributed by atoms with van der Waals surface area (Å²) in [6.45, 7) is 6.57. The molecule has 1 amide bonds. The zero-order valence-electron chi connectivity index (χ0n) is 19.9. The first-order valence-electron chi connectivity index (χ1n) is 11.6. The highest BCUT2D eigenvalue weighted by atomic mass is 16.5. The second-order valence-electron chi connectivity index (χ2n) is 9.46. The number of fused-ring (bicyclic) bond motifs is 1. The summed E-state index contributed by atoms with van der Waals surface area (Å²) in [7, 11) is 5.69. The number of ether oxygens (including phenoxy) is 1.